The Hall–Kier alpha value is -1.37. The summed E-state index contributed by atoms with van der Waals surface area (Å²) in [6, 6.07) is 1.20. The zero-order valence-electron chi connectivity index (χ0n) is 7.75. The highest BCUT2D eigenvalue weighted by molar-refractivity contribution is 7.94. The topological polar surface area (TPSA) is 34.1 Å². The Kier molecular flexibility index (Phi) is 3.09. The van der Waals surface area contributed by atoms with Crippen molar-refractivity contribution >= 4 is 9.84 Å². The molecule has 2 nitrogen and oxygen atoms in total. The Balaban J connectivity index is 3.37. The standard InChI is InChI=1S/C9H6F4O2S/c1-2-16(14,15)8-4-3-6(5-7(8)10)9(11,12)13/h2-5H,1H2. The van der Waals surface area contributed by atoms with Gasteiger partial charge in [-0.3, -0.25) is 0 Å². The fourth-order valence-corrected chi connectivity index (χ4v) is 1.77. The molecule has 0 unspecified atom stereocenters. The van der Waals surface area contributed by atoms with Crippen LogP contribution in [0.25, 0.3) is 0 Å². The number of hydrogen-bond donors (Lipinski definition) is 0. The summed E-state index contributed by atoms with van der Waals surface area (Å²) < 4.78 is 71.8. The van der Waals surface area contributed by atoms with Crippen LogP contribution in [0.5, 0.6) is 0 Å². The van der Waals surface area contributed by atoms with Crippen molar-refractivity contribution in [3.8, 4) is 0 Å². The van der Waals surface area contributed by atoms with Crippen LogP contribution in [0.3, 0.4) is 0 Å². The number of rotatable bonds is 2. The molecule has 0 saturated carbocycles. The third-order valence-corrected chi connectivity index (χ3v) is 3.17. The predicted octanol–water partition coefficient (Wildman–Crippen LogP) is 2.76. The van der Waals surface area contributed by atoms with Crippen LogP contribution in [0.4, 0.5) is 17.6 Å². The van der Waals surface area contributed by atoms with Crippen LogP contribution in [0.15, 0.2) is 35.1 Å². The minimum atomic E-state index is -4.71. The van der Waals surface area contributed by atoms with Gasteiger partial charge in [0.15, 0.2) is 0 Å². The van der Waals surface area contributed by atoms with Crippen LogP contribution >= 0.6 is 0 Å². The van der Waals surface area contributed by atoms with E-state index in [1.807, 2.05) is 0 Å². The first kappa shape index (κ1) is 12.7. The molecule has 0 aliphatic heterocycles. The van der Waals surface area contributed by atoms with Crippen LogP contribution in [-0.2, 0) is 16.0 Å². The molecule has 0 bridgehead atoms. The summed E-state index contributed by atoms with van der Waals surface area (Å²) in [7, 11) is -4.07. The van der Waals surface area contributed by atoms with E-state index in [1.54, 1.807) is 0 Å². The highest BCUT2D eigenvalue weighted by Gasteiger charge is 2.32. The summed E-state index contributed by atoms with van der Waals surface area (Å²) >= 11 is 0. The lowest BCUT2D eigenvalue weighted by atomic mass is 10.2. The Bertz CT molecular complexity index is 517. The quantitative estimate of drug-likeness (QED) is 0.760. The molecule has 0 spiro atoms. The first-order valence-electron chi connectivity index (χ1n) is 3.93. The molecule has 0 saturated heterocycles. The summed E-state index contributed by atoms with van der Waals surface area (Å²) in [5, 5.41) is 0.471. The van der Waals surface area contributed by atoms with Crippen molar-refractivity contribution in [3.05, 3.63) is 41.6 Å². The monoisotopic (exact) mass is 254 g/mol. The fraction of sp³-hybridized carbons (Fsp3) is 0.111. The van der Waals surface area contributed by atoms with Gasteiger partial charge >= 0.3 is 6.18 Å². The van der Waals surface area contributed by atoms with Crippen molar-refractivity contribution in [2.45, 2.75) is 11.1 Å². The van der Waals surface area contributed by atoms with E-state index in [4.69, 9.17) is 0 Å². The van der Waals surface area contributed by atoms with Gasteiger partial charge in [-0.15, -0.1) is 0 Å². The van der Waals surface area contributed by atoms with Gasteiger partial charge in [0.05, 0.1) is 5.56 Å². The van der Waals surface area contributed by atoms with Crippen molar-refractivity contribution in [1.29, 1.82) is 0 Å². The van der Waals surface area contributed by atoms with Gasteiger partial charge in [0, 0.05) is 5.41 Å². The second-order valence-corrected chi connectivity index (χ2v) is 4.72. The molecule has 7 heteroatoms. The molecular weight excluding hydrogens is 248 g/mol. The van der Waals surface area contributed by atoms with Crippen molar-refractivity contribution in [1.82, 2.24) is 0 Å². The molecule has 0 heterocycles. The lowest BCUT2D eigenvalue weighted by Gasteiger charge is -2.08. The smallest absolute Gasteiger partial charge is 0.219 e. The Morgan fingerprint density at radius 2 is 1.81 bits per heavy atom. The van der Waals surface area contributed by atoms with E-state index in [0.717, 1.165) is 0 Å². The molecule has 88 valence electrons. The van der Waals surface area contributed by atoms with Crippen LogP contribution in [0.1, 0.15) is 5.56 Å². The summed E-state index contributed by atoms with van der Waals surface area (Å²) in [5.41, 5.74) is -1.24. The molecule has 0 aliphatic rings. The van der Waals surface area contributed by atoms with Crippen LogP contribution < -0.4 is 0 Å². The molecule has 0 N–H and O–H groups in total. The van der Waals surface area contributed by atoms with Gasteiger partial charge in [0.25, 0.3) is 0 Å². The van der Waals surface area contributed by atoms with E-state index >= 15 is 0 Å². The van der Waals surface area contributed by atoms with E-state index in [0.29, 0.717) is 17.5 Å². The highest BCUT2D eigenvalue weighted by Crippen LogP contribution is 2.31. The minimum absolute atomic E-state index is 0.135. The molecule has 0 amide bonds. The van der Waals surface area contributed by atoms with Crippen LogP contribution in [-0.4, -0.2) is 8.42 Å². The van der Waals surface area contributed by atoms with E-state index in [2.05, 4.69) is 6.58 Å². The molecule has 0 aromatic heterocycles. The third-order valence-electron chi connectivity index (χ3n) is 1.79. The van der Waals surface area contributed by atoms with Crippen molar-refractivity contribution in [3.63, 3.8) is 0 Å². The molecule has 1 aromatic rings. The van der Waals surface area contributed by atoms with Crippen LogP contribution in [0, 0.1) is 5.82 Å². The van der Waals surface area contributed by atoms with Gasteiger partial charge in [-0.05, 0) is 18.2 Å². The molecule has 1 rings (SSSR count). The molecule has 0 radical (unpaired) electrons. The van der Waals surface area contributed by atoms with Crippen molar-refractivity contribution in [2.75, 3.05) is 0 Å². The maximum Gasteiger partial charge on any atom is 0.416 e. The Morgan fingerprint density at radius 3 is 2.19 bits per heavy atom. The zero-order valence-corrected chi connectivity index (χ0v) is 8.57. The lowest BCUT2D eigenvalue weighted by Crippen LogP contribution is -2.07. The molecule has 0 fully saturated rings. The summed E-state index contributed by atoms with van der Waals surface area (Å²) in [5.74, 6) is -1.45. The summed E-state index contributed by atoms with van der Waals surface area (Å²) in [6.07, 6.45) is -4.71. The predicted molar refractivity (Wildman–Crippen MR) is 48.8 cm³/mol. The van der Waals surface area contributed by atoms with Crippen molar-refractivity contribution in [2.24, 2.45) is 0 Å². The fourth-order valence-electron chi connectivity index (χ4n) is 0.998. The molecular formula is C9H6F4O2S. The molecule has 0 aliphatic carbocycles. The van der Waals surface area contributed by atoms with E-state index in [1.165, 1.54) is 0 Å². The summed E-state index contributed by atoms with van der Waals surface area (Å²) in [6.45, 7) is 2.94. The second kappa shape index (κ2) is 3.89. The maximum atomic E-state index is 13.1. The number of halogens is 4. The van der Waals surface area contributed by atoms with Gasteiger partial charge in [-0.2, -0.15) is 13.2 Å². The van der Waals surface area contributed by atoms with Gasteiger partial charge in [0.1, 0.15) is 10.7 Å². The highest BCUT2D eigenvalue weighted by atomic mass is 32.2. The zero-order chi connectivity index (χ0) is 12.6. The normalized spacial score (nSPS) is 12.5. The number of sulfone groups is 1. The summed E-state index contributed by atoms with van der Waals surface area (Å²) in [4.78, 5) is -0.824. The number of hydrogen-bond acceptors (Lipinski definition) is 2. The third kappa shape index (κ3) is 2.41. The molecule has 0 atom stereocenters. The maximum absolute atomic E-state index is 13.1. The first-order valence-corrected chi connectivity index (χ1v) is 5.47. The number of alkyl halides is 3. The van der Waals surface area contributed by atoms with E-state index < -0.39 is 32.3 Å². The van der Waals surface area contributed by atoms with E-state index in [-0.39, 0.29) is 6.07 Å². The molecule has 16 heavy (non-hydrogen) atoms. The van der Waals surface area contributed by atoms with Gasteiger partial charge in [0.2, 0.25) is 9.84 Å². The first-order chi connectivity index (χ1) is 7.18. The van der Waals surface area contributed by atoms with Gasteiger partial charge in [-0.25, -0.2) is 12.8 Å². The Morgan fingerprint density at radius 1 is 1.25 bits per heavy atom. The van der Waals surface area contributed by atoms with Crippen LogP contribution in [0.2, 0.25) is 0 Å². The lowest BCUT2D eigenvalue weighted by molar-refractivity contribution is -0.137. The average molecular weight is 254 g/mol. The Labute approximate surface area is 89.1 Å². The average Bonchev–Trinajstić information content (AvgIpc) is 2.16. The SMILES string of the molecule is C=CS(=O)(=O)c1ccc(C(F)(F)F)cc1F. The van der Waals surface area contributed by atoms with Gasteiger partial charge in [-0.1, -0.05) is 6.58 Å². The van der Waals surface area contributed by atoms with Gasteiger partial charge < -0.3 is 0 Å². The minimum Gasteiger partial charge on any atom is -0.219 e. The number of benzene rings is 1. The molecule has 1 aromatic carbocycles. The van der Waals surface area contributed by atoms with Crippen molar-refractivity contribution < 1.29 is 26.0 Å². The largest absolute Gasteiger partial charge is 0.416 e. The second-order valence-electron chi connectivity index (χ2n) is 2.85. The van der Waals surface area contributed by atoms with E-state index in [9.17, 15) is 26.0 Å².